The normalized spacial score (nSPS) is 11.7. The number of methoxy groups -OCH3 is 1. The second-order valence-electron chi connectivity index (χ2n) is 6.04. The molecule has 0 saturated heterocycles. The Morgan fingerprint density at radius 1 is 1.17 bits per heavy atom. The molecule has 0 saturated carbocycles. The molecule has 3 rings (SSSR count). The van der Waals surface area contributed by atoms with Crippen molar-refractivity contribution in [2.45, 2.75) is 17.3 Å². The molecule has 0 fully saturated rings. The van der Waals surface area contributed by atoms with Crippen LogP contribution in [-0.2, 0) is 4.79 Å². The van der Waals surface area contributed by atoms with Crippen LogP contribution in [-0.4, -0.2) is 28.2 Å². The third-order valence-electron chi connectivity index (χ3n) is 3.95. The van der Waals surface area contributed by atoms with Gasteiger partial charge in [0.25, 0.3) is 5.56 Å². The molecule has 2 aromatic carbocycles. The van der Waals surface area contributed by atoms with Crippen LogP contribution in [0.25, 0.3) is 11.3 Å². The Bertz CT molecular complexity index is 1090. The molecule has 0 radical (unpaired) electrons. The second-order valence-corrected chi connectivity index (χ2v) is 7.37. The molecule has 9 heteroatoms. The number of H-pyrrole nitrogens is 1. The lowest BCUT2D eigenvalue weighted by Crippen LogP contribution is -2.24. The van der Waals surface area contributed by atoms with Gasteiger partial charge in [-0.1, -0.05) is 11.8 Å². The highest BCUT2D eigenvalue weighted by molar-refractivity contribution is 8.00. The van der Waals surface area contributed by atoms with E-state index in [1.807, 2.05) is 0 Å². The molecule has 2 N–H and O–H groups in total. The Morgan fingerprint density at radius 3 is 2.59 bits per heavy atom. The molecule has 1 aromatic heterocycles. The highest BCUT2D eigenvalue weighted by Crippen LogP contribution is 2.25. The van der Waals surface area contributed by atoms with Crippen molar-refractivity contribution in [3.8, 4) is 17.0 Å². The maximum Gasteiger partial charge on any atom is 0.252 e. The number of nitrogens with zero attached hydrogens (tertiary/aromatic N) is 1. The lowest BCUT2D eigenvalue weighted by Gasteiger charge is -2.12. The maximum atomic E-state index is 13.7. The van der Waals surface area contributed by atoms with Gasteiger partial charge in [0.05, 0.1) is 23.7 Å². The van der Waals surface area contributed by atoms with Gasteiger partial charge in [-0.25, -0.2) is 13.8 Å². The van der Waals surface area contributed by atoms with Crippen LogP contribution in [0.3, 0.4) is 0 Å². The first kappa shape index (κ1) is 20.5. The first-order valence-corrected chi connectivity index (χ1v) is 9.42. The van der Waals surface area contributed by atoms with E-state index >= 15 is 0 Å². The van der Waals surface area contributed by atoms with E-state index in [1.54, 1.807) is 38.3 Å². The van der Waals surface area contributed by atoms with E-state index in [0.717, 1.165) is 30.0 Å². The summed E-state index contributed by atoms with van der Waals surface area (Å²) >= 11 is 0.992. The first-order valence-electron chi connectivity index (χ1n) is 8.54. The summed E-state index contributed by atoms with van der Waals surface area (Å²) in [6, 6.07) is 11.1. The molecule has 0 bridgehead atoms. The minimum Gasteiger partial charge on any atom is -0.497 e. The molecule has 0 aliphatic heterocycles. The molecule has 1 unspecified atom stereocenters. The average Bonchev–Trinajstić information content (AvgIpc) is 2.70. The fourth-order valence-electron chi connectivity index (χ4n) is 2.45. The minimum atomic E-state index is -0.745. The molecule has 3 aromatic rings. The lowest BCUT2D eigenvalue weighted by molar-refractivity contribution is -0.115. The third-order valence-corrected chi connectivity index (χ3v) is 4.93. The van der Waals surface area contributed by atoms with Crippen LogP contribution in [0.1, 0.15) is 6.92 Å². The average molecular weight is 417 g/mol. The highest BCUT2D eigenvalue weighted by Gasteiger charge is 2.18. The third kappa shape index (κ3) is 5.20. The van der Waals surface area contributed by atoms with Crippen LogP contribution >= 0.6 is 11.8 Å². The van der Waals surface area contributed by atoms with Crippen molar-refractivity contribution >= 4 is 23.4 Å². The monoisotopic (exact) mass is 417 g/mol. The number of halogens is 2. The van der Waals surface area contributed by atoms with Crippen LogP contribution in [0.5, 0.6) is 5.75 Å². The van der Waals surface area contributed by atoms with Crippen molar-refractivity contribution in [3.05, 3.63) is 70.5 Å². The predicted molar refractivity (Wildman–Crippen MR) is 107 cm³/mol. The van der Waals surface area contributed by atoms with Crippen LogP contribution in [0.15, 0.2) is 58.5 Å². The van der Waals surface area contributed by atoms with Crippen molar-refractivity contribution < 1.29 is 18.3 Å². The number of carbonyl (C=O) groups is 1. The van der Waals surface area contributed by atoms with Gasteiger partial charge in [-0.15, -0.1) is 0 Å². The van der Waals surface area contributed by atoms with E-state index in [9.17, 15) is 18.4 Å². The summed E-state index contributed by atoms with van der Waals surface area (Å²) in [5.41, 5.74) is 0.508. The van der Waals surface area contributed by atoms with Gasteiger partial charge in [0, 0.05) is 17.7 Å². The largest absolute Gasteiger partial charge is 0.497 e. The number of rotatable bonds is 6. The van der Waals surface area contributed by atoms with E-state index < -0.39 is 22.8 Å². The van der Waals surface area contributed by atoms with Gasteiger partial charge in [0.1, 0.15) is 17.4 Å². The van der Waals surface area contributed by atoms with E-state index in [0.29, 0.717) is 17.0 Å². The van der Waals surface area contributed by atoms with Crippen LogP contribution in [0.4, 0.5) is 14.5 Å². The Labute approximate surface area is 169 Å². The topological polar surface area (TPSA) is 84.1 Å². The molecule has 1 heterocycles. The number of benzene rings is 2. The second kappa shape index (κ2) is 8.87. The number of aromatic nitrogens is 2. The Kier molecular flexibility index (Phi) is 6.28. The standard InChI is InChI=1S/C20H17F2N3O3S/c1-11(19(27)23-17-9-13(21)5-8-15(17)22)29-20-24-16(10-18(26)25-20)12-3-6-14(28-2)7-4-12/h3-11H,1-2H3,(H,23,27)(H,24,25,26). The summed E-state index contributed by atoms with van der Waals surface area (Å²) in [4.78, 5) is 31.3. The van der Waals surface area contributed by atoms with E-state index in [4.69, 9.17) is 4.74 Å². The summed E-state index contributed by atoms with van der Waals surface area (Å²) < 4.78 is 32.1. The number of amides is 1. The first-order chi connectivity index (χ1) is 13.9. The molecule has 0 aliphatic rings. The van der Waals surface area contributed by atoms with Crippen LogP contribution in [0.2, 0.25) is 0 Å². The Balaban J connectivity index is 1.76. The molecule has 1 atom stereocenters. The molecular weight excluding hydrogens is 400 g/mol. The van der Waals surface area contributed by atoms with Crippen molar-refractivity contribution in [2.24, 2.45) is 0 Å². The van der Waals surface area contributed by atoms with Gasteiger partial charge in [-0.2, -0.15) is 0 Å². The summed E-state index contributed by atoms with van der Waals surface area (Å²) in [6.45, 7) is 1.57. The number of anilines is 1. The van der Waals surface area contributed by atoms with Crippen molar-refractivity contribution in [1.29, 1.82) is 0 Å². The van der Waals surface area contributed by atoms with Gasteiger partial charge in [-0.3, -0.25) is 9.59 Å². The van der Waals surface area contributed by atoms with Gasteiger partial charge in [0.2, 0.25) is 5.91 Å². The number of hydrogen-bond donors (Lipinski definition) is 2. The van der Waals surface area contributed by atoms with Crippen LogP contribution < -0.4 is 15.6 Å². The molecule has 150 valence electrons. The number of ether oxygens (including phenoxy) is 1. The maximum absolute atomic E-state index is 13.7. The summed E-state index contributed by atoms with van der Waals surface area (Å²) in [7, 11) is 1.55. The smallest absolute Gasteiger partial charge is 0.252 e. The Morgan fingerprint density at radius 2 is 1.90 bits per heavy atom. The number of nitrogens with one attached hydrogen (secondary N) is 2. The highest BCUT2D eigenvalue weighted by atomic mass is 32.2. The van der Waals surface area contributed by atoms with E-state index in [-0.39, 0.29) is 16.4 Å². The summed E-state index contributed by atoms with van der Waals surface area (Å²) in [6.07, 6.45) is 0. The summed E-state index contributed by atoms with van der Waals surface area (Å²) in [5.74, 6) is -1.30. The predicted octanol–water partition coefficient (Wildman–Crippen LogP) is 3.84. The van der Waals surface area contributed by atoms with Gasteiger partial charge >= 0.3 is 0 Å². The SMILES string of the molecule is COc1ccc(-c2cc(=O)[nH]c(SC(C)C(=O)Nc3cc(F)ccc3F)n2)cc1. The zero-order valence-corrected chi connectivity index (χ0v) is 16.3. The number of carbonyl (C=O) groups excluding carboxylic acids is 1. The lowest BCUT2D eigenvalue weighted by atomic mass is 10.1. The fourth-order valence-corrected chi connectivity index (χ4v) is 3.26. The molecule has 1 amide bonds. The van der Waals surface area contributed by atoms with Crippen molar-refractivity contribution in [3.63, 3.8) is 0 Å². The van der Waals surface area contributed by atoms with Crippen molar-refractivity contribution in [1.82, 2.24) is 9.97 Å². The number of thioether (sulfide) groups is 1. The molecular formula is C20H17F2N3O3S. The molecule has 6 nitrogen and oxygen atoms in total. The van der Waals surface area contributed by atoms with Crippen molar-refractivity contribution in [2.75, 3.05) is 12.4 Å². The molecule has 0 aliphatic carbocycles. The zero-order chi connectivity index (χ0) is 21.0. The van der Waals surface area contributed by atoms with Crippen LogP contribution in [0, 0.1) is 11.6 Å². The fraction of sp³-hybridized carbons (Fsp3) is 0.150. The Hall–Kier alpha value is -3.20. The molecule has 29 heavy (non-hydrogen) atoms. The van der Waals surface area contributed by atoms with Gasteiger partial charge in [-0.05, 0) is 43.3 Å². The number of hydrogen-bond acceptors (Lipinski definition) is 5. The number of aromatic amines is 1. The molecule has 0 spiro atoms. The van der Waals surface area contributed by atoms with Gasteiger partial charge < -0.3 is 15.0 Å². The minimum absolute atomic E-state index is 0.227. The summed E-state index contributed by atoms with van der Waals surface area (Å²) in [5, 5.41) is 1.83. The van der Waals surface area contributed by atoms with E-state index in [2.05, 4.69) is 15.3 Å². The quantitative estimate of drug-likeness (QED) is 0.470. The zero-order valence-electron chi connectivity index (χ0n) is 15.5. The van der Waals surface area contributed by atoms with Gasteiger partial charge in [0.15, 0.2) is 5.16 Å². The van der Waals surface area contributed by atoms with E-state index in [1.165, 1.54) is 6.07 Å².